The van der Waals surface area contributed by atoms with Gasteiger partial charge in [0.1, 0.15) is 0 Å². The van der Waals surface area contributed by atoms with Crippen molar-refractivity contribution in [1.82, 2.24) is 19.9 Å². The third-order valence-corrected chi connectivity index (χ3v) is 8.54. The molecule has 248 valence electrons. The molecule has 0 aliphatic rings. The summed E-state index contributed by atoms with van der Waals surface area (Å²) in [5.74, 6) is -0.375. The van der Waals surface area contributed by atoms with Gasteiger partial charge in [0, 0.05) is 12.4 Å². The van der Waals surface area contributed by atoms with Crippen LogP contribution in [0.3, 0.4) is 0 Å². The van der Waals surface area contributed by atoms with Gasteiger partial charge >= 0.3 is 0 Å². The van der Waals surface area contributed by atoms with Crippen molar-refractivity contribution in [2.24, 2.45) is 0 Å². The summed E-state index contributed by atoms with van der Waals surface area (Å²) < 4.78 is 47.7. The number of carbonyl (C=O) groups is 1. The van der Waals surface area contributed by atoms with Crippen molar-refractivity contribution < 1.29 is 27.4 Å². The summed E-state index contributed by atoms with van der Waals surface area (Å²) in [6.45, 7) is 5.93. The van der Waals surface area contributed by atoms with Crippen LogP contribution in [0, 0.1) is 0 Å². The first kappa shape index (κ1) is 34.1. The first-order valence-electron chi connectivity index (χ1n) is 14.8. The minimum Gasteiger partial charge on any atom is -0.493 e. The highest BCUT2D eigenvalue weighted by Gasteiger charge is 2.26. The summed E-state index contributed by atoms with van der Waals surface area (Å²) in [7, 11) is -2.75. The smallest absolute Gasteiger partial charge is 0.263 e. The fourth-order valence-corrected chi connectivity index (χ4v) is 5.54. The number of carbonyl (C=O) groups excluding carboxylic acids is 1. The van der Waals surface area contributed by atoms with Gasteiger partial charge in [0.25, 0.3) is 15.9 Å². The van der Waals surface area contributed by atoms with Crippen LogP contribution in [-0.4, -0.2) is 48.0 Å². The molecule has 48 heavy (non-hydrogen) atoms. The van der Waals surface area contributed by atoms with Crippen LogP contribution in [0.2, 0.25) is 5.02 Å². The van der Waals surface area contributed by atoms with E-state index in [9.17, 15) is 13.2 Å². The molecule has 5 aromatic rings. The molecule has 0 unspecified atom stereocenters. The Labute approximate surface area is 283 Å². The lowest BCUT2D eigenvalue weighted by Crippen LogP contribution is -2.18. The molecular weight excluding hydrogens is 656 g/mol. The van der Waals surface area contributed by atoms with Crippen LogP contribution >= 0.6 is 11.6 Å². The van der Waals surface area contributed by atoms with Crippen molar-refractivity contribution in [3.63, 3.8) is 0 Å². The predicted molar refractivity (Wildman–Crippen MR) is 182 cm³/mol. The molecule has 14 heteroatoms. The number of sulfonamides is 1. The van der Waals surface area contributed by atoms with Gasteiger partial charge in [-0.05, 0) is 53.4 Å². The number of aromatic nitrogens is 4. The Morgan fingerprint density at radius 1 is 0.854 bits per heavy atom. The Kier molecular flexibility index (Phi) is 10.4. The van der Waals surface area contributed by atoms with E-state index >= 15 is 0 Å². The second kappa shape index (κ2) is 14.7. The van der Waals surface area contributed by atoms with Crippen molar-refractivity contribution in [2.75, 3.05) is 23.8 Å². The van der Waals surface area contributed by atoms with E-state index in [0.29, 0.717) is 16.5 Å². The van der Waals surface area contributed by atoms with Gasteiger partial charge in [0.2, 0.25) is 17.5 Å². The van der Waals surface area contributed by atoms with Gasteiger partial charge in [0.15, 0.2) is 23.1 Å². The van der Waals surface area contributed by atoms with Crippen LogP contribution in [0.25, 0.3) is 11.6 Å². The normalized spacial score (nSPS) is 11.4. The SMILES string of the molecule is COc1ccccc1Oc1c(NS(=O)(=O)c2ccc(C(C)(C)C)cc2)nc(-c2ncccn2)nc1OCCC(=O)Nc1ccccc1Cl. The summed E-state index contributed by atoms with van der Waals surface area (Å²) in [5, 5.41) is 3.12. The van der Waals surface area contributed by atoms with E-state index in [1.807, 2.05) is 20.8 Å². The highest BCUT2D eigenvalue weighted by atomic mass is 35.5. The third kappa shape index (κ3) is 8.35. The molecule has 0 saturated heterocycles. The number of methoxy groups -OCH3 is 1. The summed E-state index contributed by atoms with van der Waals surface area (Å²) in [5.41, 5.74) is 1.22. The van der Waals surface area contributed by atoms with Crippen LogP contribution in [0.1, 0.15) is 32.8 Å². The molecule has 1 amide bonds. The number of anilines is 2. The van der Waals surface area contributed by atoms with Crippen LogP contribution in [0.5, 0.6) is 23.1 Å². The van der Waals surface area contributed by atoms with Gasteiger partial charge in [-0.15, -0.1) is 0 Å². The quantitative estimate of drug-likeness (QED) is 0.142. The van der Waals surface area contributed by atoms with Crippen LogP contribution in [-0.2, 0) is 20.2 Å². The molecule has 5 rings (SSSR count). The number of hydrogen-bond donors (Lipinski definition) is 2. The fourth-order valence-electron chi connectivity index (χ4n) is 4.35. The summed E-state index contributed by atoms with van der Waals surface area (Å²) in [4.78, 5) is 30.1. The molecule has 3 aromatic carbocycles. The number of ether oxygens (including phenoxy) is 3. The maximum atomic E-state index is 13.8. The fraction of sp³-hybridized carbons (Fsp3) is 0.206. The molecule has 0 aliphatic heterocycles. The Morgan fingerprint density at radius 3 is 2.19 bits per heavy atom. The van der Waals surface area contributed by atoms with Crippen LogP contribution < -0.4 is 24.2 Å². The van der Waals surface area contributed by atoms with Crippen molar-refractivity contribution >= 4 is 39.0 Å². The van der Waals surface area contributed by atoms with Gasteiger partial charge in [-0.3, -0.25) is 9.52 Å². The topological polar surface area (TPSA) is 155 Å². The van der Waals surface area contributed by atoms with E-state index < -0.39 is 10.0 Å². The lowest BCUT2D eigenvalue weighted by molar-refractivity contribution is -0.116. The Morgan fingerprint density at radius 2 is 1.52 bits per heavy atom. The van der Waals surface area contributed by atoms with Crippen LogP contribution in [0.4, 0.5) is 11.5 Å². The number of para-hydroxylation sites is 3. The number of rotatable bonds is 12. The number of benzene rings is 3. The van der Waals surface area contributed by atoms with E-state index in [-0.39, 0.29) is 64.1 Å². The number of nitrogens with one attached hydrogen (secondary N) is 2. The second-order valence-corrected chi connectivity index (χ2v) is 13.5. The molecular formula is C34H33ClN6O6S. The van der Waals surface area contributed by atoms with Crippen LogP contribution in [0.15, 0.2) is 96.2 Å². The average molecular weight is 689 g/mol. The maximum absolute atomic E-state index is 13.8. The van der Waals surface area contributed by atoms with Gasteiger partial charge in [0.05, 0.1) is 35.7 Å². The zero-order valence-electron chi connectivity index (χ0n) is 26.6. The van der Waals surface area contributed by atoms with Gasteiger partial charge in [-0.2, -0.15) is 4.98 Å². The summed E-state index contributed by atoms with van der Waals surface area (Å²) in [6.07, 6.45) is 2.87. The number of halogens is 1. The number of nitrogens with zero attached hydrogens (tertiary/aromatic N) is 4. The van der Waals surface area contributed by atoms with Crippen molar-refractivity contribution in [1.29, 1.82) is 0 Å². The zero-order valence-corrected chi connectivity index (χ0v) is 28.2. The molecule has 0 spiro atoms. The highest BCUT2D eigenvalue weighted by Crippen LogP contribution is 2.41. The number of hydrogen-bond acceptors (Lipinski definition) is 10. The first-order chi connectivity index (χ1) is 22.9. The minimum absolute atomic E-state index is 0.00595. The Hall–Kier alpha value is -5.27. The predicted octanol–water partition coefficient (Wildman–Crippen LogP) is 6.89. The molecule has 2 aromatic heterocycles. The van der Waals surface area contributed by atoms with E-state index in [1.165, 1.54) is 31.6 Å². The van der Waals surface area contributed by atoms with Crippen molar-refractivity contribution in [3.8, 4) is 34.8 Å². The van der Waals surface area contributed by atoms with Gasteiger partial charge < -0.3 is 19.5 Å². The molecule has 0 fully saturated rings. The van der Waals surface area contributed by atoms with Gasteiger partial charge in [-0.1, -0.05) is 68.8 Å². The van der Waals surface area contributed by atoms with E-state index in [2.05, 4.69) is 30.0 Å². The first-order valence-corrected chi connectivity index (χ1v) is 16.6. The van der Waals surface area contributed by atoms with E-state index in [1.54, 1.807) is 66.7 Å². The van der Waals surface area contributed by atoms with E-state index in [4.69, 9.17) is 25.8 Å². The summed E-state index contributed by atoms with van der Waals surface area (Å²) >= 11 is 6.18. The minimum atomic E-state index is -4.22. The van der Waals surface area contributed by atoms with Crippen molar-refractivity contribution in [3.05, 3.63) is 102 Å². The highest BCUT2D eigenvalue weighted by molar-refractivity contribution is 7.92. The monoisotopic (exact) mass is 688 g/mol. The maximum Gasteiger partial charge on any atom is 0.263 e. The molecule has 0 radical (unpaired) electrons. The molecule has 0 aliphatic carbocycles. The number of amides is 1. The Bertz CT molecular complexity index is 2010. The standard InChI is InChI=1S/C34H33ClN6O6S/c1-34(2,3)22-14-16-23(17-15-22)48(43,44)41-30-29(47-27-13-8-7-12-26(27)45-4)33(40-32(39-30)31-36-19-9-20-37-31)46-21-18-28(42)38-25-11-6-5-10-24(25)35/h5-17,19-20H,18,21H2,1-4H3,(H,38,42)(H,39,40,41). The van der Waals surface area contributed by atoms with Crippen molar-refractivity contribution in [2.45, 2.75) is 37.5 Å². The third-order valence-electron chi connectivity index (χ3n) is 6.86. The lowest BCUT2D eigenvalue weighted by atomic mass is 9.87. The average Bonchev–Trinajstić information content (AvgIpc) is 3.07. The van der Waals surface area contributed by atoms with E-state index in [0.717, 1.165) is 5.56 Å². The molecule has 0 atom stereocenters. The zero-order chi connectivity index (χ0) is 34.3. The Balaban J connectivity index is 1.54. The molecule has 12 nitrogen and oxygen atoms in total. The van der Waals surface area contributed by atoms with Gasteiger partial charge in [-0.25, -0.2) is 23.4 Å². The molecule has 0 saturated carbocycles. The second-order valence-electron chi connectivity index (χ2n) is 11.4. The molecule has 2 heterocycles. The molecule has 2 N–H and O–H groups in total. The molecule has 0 bridgehead atoms. The summed E-state index contributed by atoms with van der Waals surface area (Å²) in [6, 6.07) is 21.7. The lowest BCUT2D eigenvalue weighted by Gasteiger charge is -2.20. The largest absolute Gasteiger partial charge is 0.493 e.